The summed E-state index contributed by atoms with van der Waals surface area (Å²) in [6.45, 7) is 3.68. The number of aldehydes is 1. The quantitative estimate of drug-likeness (QED) is 0.630. The Balaban J connectivity index is 2.26. The molecule has 2 aromatic carbocycles. The summed E-state index contributed by atoms with van der Waals surface area (Å²) in [5.41, 5.74) is 3.05. The Hall–Kier alpha value is -2.39. The van der Waals surface area contributed by atoms with Crippen molar-refractivity contribution in [2.45, 2.75) is 13.8 Å². The van der Waals surface area contributed by atoms with Crippen LogP contribution >= 0.6 is 11.6 Å². The van der Waals surface area contributed by atoms with E-state index < -0.39 is 0 Å². The summed E-state index contributed by atoms with van der Waals surface area (Å²) < 4.78 is 1.56. The monoisotopic (exact) mass is 325 g/mol. The van der Waals surface area contributed by atoms with Crippen LogP contribution in [-0.4, -0.2) is 16.8 Å². The van der Waals surface area contributed by atoms with E-state index in [1.807, 2.05) is 56.3 Å². The van der Waals surface area contributed by atoms with Crippen molar-refractivity contribution in [3.63, 3.8) is 0 Å². The molecule has 0 radical (unpaired) electrons. The summed E-state index contributed by atoms with van der Waals surface area (Å²) in [6.07, 6.45) is 2.39. The third kappa shape index (κ3) is 2.68. The van der Waals surface area contributed by atoms with Gasteiger partial charge in [-0.25, -0.2) is 0 Å². The molecule has 0 aliphatic rings. The highest BCUT2D eigenvalue weighted by Crippen LogP contribution is 2.31. The largest absolute Gasteiger partial charge is 0.298 e. The van der Waals surface area contributed by atoms with Gasteiger partial charge in [0, 0.05) is 33.7 Å². The van der Waals surface area contributed by atoms with Crippen LogP contribution < -0.4 is 0 Å². The van der Waals surface area contributed by atoms with Crippen molar-refractivity contribution < 1.29 is 9.59 Å². The summed E-state index contributed by atoms with van der Waals surface area (Å²) >= 11 is 6.27. The van der Waals surface area contributed by atoms with E-state index in [0.29, 0.717) is 10.6 Å². The zero-order valence-electron chi connectivity index (χ0n) is 12.9. The second-order valence-electron chi connectivity index (χ2n) is 5.78. The Morgan fingerprint density at radius 1 is 1.17 bits per heavy atom. The van der Waals surface area contributed by atoms with Gasteiger partial charge in [0.2, 0.25) is 5.91 Å². The first kappa shape index (κ1) is 15.5. The number of hydrogen-bond donors (Lipinski definition) is 0. The average molecular weight is 326 g/mol. The number of fused-ring (bicyclic) bond motifs is 1. The first-order valence-corrected chi connectivity index (χ1v) is 7.80. The summed E-state index contributed by atoms with van der Waals surface area (Å²) in [6, 6.07) is 13.2. The maximum absolute atomic E-state index is 12.4. The van der Waals surface area contributed by atoms with Crippen LogP contribution in [0.3, 0.4) is 0 Å². The molecule has 0 spiro atoms. The van der Waals surface area contributed by atoms with Gasteiger partial charge in [0.15, 0.2) is 6.29 Å². The van der Waals surface area contributed by atoms with Gasteiger partial charge in [0.05, 0.1) is 5.52 Å². The number of carbonyl (C=O) groups excluding carboxylic acids is 2. The predicted octanol–water partition coefficient (Wildman–Crippen LogP) is 5.07. The Kier molecular flexibility index (Phi) is 4.05. The SMILES string of the molecule is CC(C)C(=O)n1cc(C=O)c2ccc(-c3ccccc3Cl)cc21. The van der Waals surface area contributed by atoms with Crippen molar-refractivity contribution in [1.29, 1.82) is 0 Å². The van der Waals surface area contributed by atoms with Crippen molar-refractivity contribution in [1.82, 2.24) is 4.57 Å². The normalized spacial score (nSPS) is 11.1. The summed E-state index contributed by atoms with van der Waals surface area (Å²) in [4.78, 5) is 23.7. The van der Waals surface area contributed by atoms with E-state index in [1.54, 1.807) is 10.8 Å². The maximum Gasteiger partial charge on any atom is 0.233 e. The van der Waals surface area contributed by atoms with Crippen molar-refractivity contribution in [2.24, 2.45) is 5.92 Å². The molecule has 0 fully saturated rings. The standard InChI is InChI=1S/C19H16ClNO2/c1-12(2)19(23)21-10-14(11-22)16-8-7-13(9-18(16)21)15-5-3-4-6-17(15)20/h3-12H,1-2H3. The molecule has 0 saturated carbocycles. The molecule has 1 heterocycles. The van der Waals surface area contributed by atoms with Gasteiger partial charge in [-0.15, -0.1) is 0 Å². The van der Waals surface area contributed by atoms with E-state index in [0.717, 1.165) is 28.3 Å². The number of aromatic nitrogens is 1. The van der Waals surface area contributed by atoms with Crippen LogP contribution in [0, 0.1) is 5.92 Å². The topological polar surface area (TPSA) is 39.1 Å². The summed E-state index contributed by atoms with van der Waals surface area (Å²) in [5.74, 6) is -0.200. The lowest BCUT2D eigenvalue weighted by Crippen LogP contribution is -2.15. The van der Waals surface area contributed by atoms with E-state index in [9.17, 15) is 9.59 Å². The van der Waals surface area contributed by atoms with Crippen LogP contribution in [0.15, 0.2) is 48.7 Å². The number of halogens is 1. The van der Waals surface area contributed by atoms with Gasteiger partial charge in [0.25, 0.3) is 0 Å². The van der Waals surface area contributed by atoms with Crippen LogP contribution in [0.4, 0.5) is 0 Å². The molecule has 0 aliphatic heterocycles. The molecule has 3 nitrogen and oxygen atoms in total. The van der Waals surface area contributed by atoms with Gasteiger partial charge in [-0.3, -0.25) is 14.2 Å². The van der Waals surface area contributed by atoms with E-state index >= 15 is 0 Å². The Morgan fingerprint density at radius 2 is 1.91 bits per heavy atom. The van der Waals surface area contributed by atoms with Crippen molar-refractivity contribution in [2.75, 3.05) is 0 Å². The molecule has 116 valence electrons. The molecule has 0 aliphatic carbocycles. The third-order valence-electron chi connectivity index (χ3n) is 3.88. The Morgan fingerprint density at radius 3 is 2.57 bits per heavy atom. The van der Waals surface area contributed by atoms with Gasteiger partial charge in [0.1, 0.15) is 0 Å². The predicted molar refractivity (Wildman–Crippen MR) is 93.2 cm³/mol. The molecular weight excluding hydrogens is 310 g/mol. The fraction of sp³-hybridized carbons (Fsp3) is 0.158. The molecule has 1 aromatic heterocycles. The molecule has 23 heavy (non-hydrogen) atoms. The van der Waals surface area contributed by atoms with Gasteiger partial charge in [-0.2, -0.15) is 0 Å². The average Bonchev–Trinajstić information content (AvgIpc) is 2.92. The van der Waals surface area contributed by atoms with Crippen LogP contribution in [0.2, 0.25) is 5.02 Å². The highest BCUT2D eigenvalue weighted by Gasteiger charge is 2.17. The Labute approximate surface area is 139 Å². The highest BCUT2D eigenvalue weighted by atomic mass is 35.5. The minimum atomic E-state index is -0.158. The molecular formula is C19H16ClNO2. The minimum Gasteiger partial charge on any atom is -0.298 e. The second kappa shape index (κ2) is 6.01. The first-order chi connectivity index (χ1) is 11.0. The van der Waals surface area contributed by atoms with Crippen molar-refractivity contribution in [3.8, 4) is 11.1 Å². The first-order valence-electron chi connectivity index (χ1n) is 7.42. The smallest absolute Gasteiger partial charge is 0.233 e. The lowest BCUT2D eigenvalue weighted by atomic mass is 10.0. The summed E-state index contributed by atoms with van der Waals surface area (Å²) in [5, 5.41) is 1.42. The van der Waals surface area contributed by atoms with Gasteiger partial charge >= 0.3 is 0 Å². The molecule has 3 rings (SSSR count). The van der Waals surface area contributed by atoms with E-state index in [-0.39, 0.29) is 11.8 Å². The van der Waals surface area contributed by atoms with Gasteiger partial charge in [-0.05, 0) is 17.7 Å². The second-order valence-corrected chi connectivity index (χ2v) is 6.18. The molecule has 0 N–H and O–H groups in total. The fourth-order valence-corrected chi connectivity index (χ4v) is 2.92. The lowest BCUT2D eigenvalue weighted by molar-refractivity contribution is 0.0861. The van der Waals surface area contributed by atoms with E-state index in [4.69, 9.17) is 11.6 Å². The third-order valence-corrected chi connectivity index (χ3v) is 4.21. The molecule has 4 heteroatoms. The van der Waals surface area contributed by atoms with E-state index in [1.165, 1.54) is 0 Å². The number of rotatable bonds is 3. The molecule has 0 bridgehead atoms. The zero-order chi connectivity index (χ0) is 16.6. The molecule has 0 unspecified atom stereocenters. The number of nitrogens with zero attached hydrogens (tertiary/aromatic N) is 1. The summed E-state index contributed by atoms with van der Waals surface area (Å²) in [7, 11) is 0. The Bertz CT molecular complexity index is 909. The van der Waals surface area contributed by atoms with Crippen LogP contribution in [0.5, 0.6) is 0 Å². The number of carbonyl (C=O) groups is 2. The van der Waals surface area contributed by atoms with Gasteiger partial charge in [-0.1, -0.05) is 55.8 Å². The van der Waals surface area contributed by atoms with Crippen molar-refractivity contribution >= 4 is 34.7 Å². The minimum absolute atomic E-state index is 0.0422. The highest BCUT2D eigenvalue weighted by molar-refractivity contribution is 6.33. The molecule has 0 atom stereocenters. The van der Waals surface area contributed by atoms with Gasteiger partial charge < -0.3 is 0 Å². The lowest BCUT2D eigenvalue weighted by Gasteiger charge is -2.09. The van der Waals surface area contributed by atoms with Crippen LogP contribution in [-0.2, 0) is 0 Å². The van der Waals surface area contributed by atoms with Crippen LogP contribution in [0.1, 0.15) is 29.0 Å². The molecule has 0 saturated heterocycles. The molecule has 0 amide bonds. The van der Waals surface area contributed by atoms with Crippen LogP contribution in [0.25, 0.3) is 22.0 Å². The molecule has 3 aromatic rings. The zero-order valence-corrected chi connectivity index (χ0v) is 13.7. The number of hydrogen-bond acceptors (Lipinski definition) is 2. The van der Waals surface area contributed by atoms with E-state index in [2.05, 4.69) is 0 Å². The fourth-order valence-electron chi connectivity index (χ4n) is 2.67. The number of benzene rings is 2. The van der Waals surface area contributed by atoms with Crippen molar-refractivity contribution in [3.05, 3.63) is 59.2 Å². The maximum atomic E-state index is 12.4.